The first kappa shape index (κ1) is 14.9. The van der Waals surface area contributed by atoms with E-state index in [4.69, 9.17) is 5.11 Å². The van der Waals surface area contributed by atoms with E-state index in [9.17, 15) is 9.59 Å². The van der Waals surface area contributed by atoms with E-state index in [0.717, 1.165) is 6.42 Å². The van der Waals surface area contributed by atoms with Crippen molar-refractivity contribution in [1.29, 1.82) is 0 Å². The number of carbonyl (C=O) groups is 2. The van der Waals surface area contributed by atoms with Crippen molar-refractivity contribution in [3.63, 3.8) is 0 Å². The van der Waals surface area contributed by atoms with E-state index in [1.807, 2.05) is 13.8 Å². The van der Waals surface area contributed by atoms with Gasteiger partial charge in [0.25, 0.3) is 0 Å². The van der Waals surface area contributed by atoms with Crippen molar-refractivity contribution in [2.24, 2.45) is 0 Å². The molecule has 1 N–H and O–H groups in total. The molecule has 1 saturated heterocycles. The number of carboxylic acids is 1. The second kappa shape index (κ2) is 6.68. The average Bonchev–Trinajstić information content (AvgIpc) is 2.70. The Kier molecular flexibility index (Phi) is 5.53. The van der Waals surface area contributed by atoms with Crippen LogP contribution in [-0.2, 0) is 4.79 Å². The third-order valence-corrected chi connectivity index (χ3v) is 4.06. The van der Waals surface area contributed by atoms with Gasteiger partial charge in [-0.2, -0.15) is 0 Å². The molecule has 2 atom stereocenters. The van der Waals surface area contributed by atoms with Gasteiger partial charge in [0.15, 0.2) is 0 Å². The Bertz CT molecular complexity index is 335. The van der Waals surface area contributed by atoms with Gasteiger partial charge in [-0.3, -0.25) is 4.90 Å². The lowest BCUT2D eigenvalue weighted by molar-refractivity contribution is -0.141. The van der Waals surface area contributed by atoms with Gasteiger partial charge >= 0.3 is 12.0 Å². The Morgan fingerprint density at radius 1 is 1.61 bits per heavy atom. The molecule has 0 radical (unpaired) electrons. The molecule has 0 aliphatic carbocycles. The van der Waals surface area contributed by atoms with Crippen molar-refractivity contribution in [2.45, 2.75) is 31.7 Å². The Hall–Kier alpha value is -1.17. The molecule has 1 rings (SSSR count). The van der Waals surface area contributed by atoms with E-state index in [1.165, 1.54) is 16.7 Å². The minimum atomic E-state index is -0.935. The van der Waals surface area contributed by atoms with Gasteiger partial charge in [0, 0.05) is 18.8 Å². The van der Waals surface area contributed by atoms with Gasteiger partial charge in [-0.05, 0) is 13.3 Å². The number of hydrogen-bond acceptors (Lipinski definition) is 3. The van der Waals surface area contributed by atoms with Gasteiger partial charge in [-0.1, -0.05) is 13.0 Å². The summed E-state index contributed by atoms with van der Waals surface area (Å²) >= 11 is 1.50. The zero-order valence-corrected chi connectivity index (χ0v) is 11.7. The summed E-state index contributed by atoms with van der Waals surface area (Å²) in [4.78, 5) is 26.6. The van der Waals surface area contributed by atoms with Gasteiger partial charge in [0.2, 0.25) is 0 Å². The molecule has 0 aromatic carbocycles. The molecule has 0 aromatic heterocycles. The van der Waals surface area contributed by atoms with Crippen LogP contribution in [0.5, 0.6) is 0 Å². The van der Waals surface area contributed by atoms with Gasteiger partial charge in [-0.15, -0.1) is 18.3 Å². The maximum Gasteiger partial charge on any atom is 0.327 e. The molecule has 0 saturated carbocycles. The summed E-state index contributed by atoms with van der Waals surface area (Å²) in [7, 11) is 0. The van der Waals surface area contributed by atoms with Gasteiger partial charge < -0.3 is 10.0 Å². The minimum absolute atomic E-state index is 0.0947. The number of nitrogens with zero attached hydrogens (tertiary/aromatic N) is 2. The number of hydrogen-bond donors (Lipinski definition) is 1. The first-order valence-corrected chi connectivity index (χ1v) is 7.10. The Morgan fingerprint density at radius 3 is 2.78 bits per heavy atom. The highest BCUT2D eigenvalue weighted by molar-refractivity contribution is 8.00. The SMILES string of the molecule is C=CCN(CCC)C(=O)N1C(C)SCC1C(=O)O. The van der Waals surface area contributed by atoms with Crippen LogP contribution in [0.4, 0.5) is 4.79 Å². The van der Waals surface area contributed by atoms with Crippen molar-refractivity contribution < 1.29 is 14.7 Å². The Balaban J connectivity index is 2.83. The smallest absolute Gasteiger partial charge is 0.327 e. The zero-order chi connectivity index (χ0) is 13.7. The third kappa shape index (κ3) is 3.19. The van der Waals surface area contributed by atoms with Gasteiger partial charge in [0.05, 0.1) is 5.37 Å². The highest BCUT2D eigenvalue weighted by Gasteiger charge is 2.40. The Morgan fingerprint density at radius 2 is 2.28 bits per heavy atom. The monoisotopic (exact) mass is 272 g/mol. The van der Waals surface area contributed by atoms with Crippen LogP contribution in [-0.4, -0.2) is 57.2 Å². The molecule has 1 aliphatic heterocycles. The van der Waals surface area contributed by atoms with Crippen LogP contribution in [0.3, 0.4) is 0 Å². The fourth-order valence-electron chi connectivity index (χ4n) is 1.98. The molecule has 18 heavy (non-hydrogen) atoms. The van der Waals surface area contributed by atoms with E-state index in [-0.39, 0.29) is 11.4 Å². The number of amides is 2. The standard InChI is InChI=1S/C12H20N2O3S/c1-4-6-13(7-5-2)12(17)14-9(3)18-8-10(14)11(15)16/h4,9-10H,1,5-8H2,2-3H3,(H,15,16). The van der Waals surface area contributed by atoms with Crippen molar-refractivity contribution in [2.75, 3.05) is 18.8 Å². The average molecular weight is 272 g/mol. The number of urea groups is 1. The van der Waals surface area contributed by atoms with Crippen LogP contribution in [0.2, 0.25) is 0 Å². The third-order valence-electron chi connectivity index (χ3n) is 2.84. The molecule has 102 valence electrons. The number of carboxylic acid groups (broad SMARTS) is 1. The highest BCUT2D eigenvalue weighted by atomic mass is 32.2. The van der Waals surface area contributed by atoms with E-state index in [1.54, 1.807) is 11.0 Å². The van der Waals surface area contributed by atoms with Crippen molar-refractivity contribution in [1.82, 2.24) is 9.80 Å². The molecule has 0 bridgehead atoms. The topological polar surface area (TPSA) is 60.9 Å². The summed E-state index contributed by atoms with van der Waals surface area (Å²) in [5, 5.41) is 9.05. The van der Waals surface area contributed by atoms with Crippen molar-refractivity contribution in [3.05, 3.63) is 12.7 Å². The summed E-state index contributed by atoms with van der Waals surface area (Å²) in [6.45, 7) is 8.55. The lowest BCUT2D eigenvalue weighted by atomic mass is 10.3. The second-order valence-electron chi connectivity index (χ2n) is 4.21. The van der Waals surface area contributed by atoms with E-state index in [2.05, 4.69) is 6.58 Å². The van der Waals surface area contributed by atoms with E-state index >= 15 is 0 Å². The van der Waals surface area contributed by atoms with Crippen LogP contribution in [0, 0.1) is 0 Å². The molecule has 2 amide bonds. The number of thioether (sulfide) groups is 1. The summed E-state index contributed by atoms with van der Waals surface area (Å²) in [5.74, 6) is -0.480. The molecule has 1 aliphatic rings. The summed E-state index contributed by atoms with van der Waals surface area (Å²) in [6.07, 6.45) is 2.50. The fraction of sp³-hybridized carbons (Fsp3) is 0.667. The maximum absolute atomic E-state index is 12.4. The normalized spacial score (nSPS) is 22.9. The van der Waals surface area contributed by atoms with E-state index < -0.39 is 12.0 Å². The molecule has 1 fully saturated rings. The largest absolute Gasteiger partial charge is 0.480 e. The lowest BCUT2D eigenvalue weighted by Crippen LogP contribution is -2.51. The molecule has 2 unspecified atom stereocenters. The summed E-state index contributed by atoms with van der Waals surface area (Å²) in [6, 6.07) is -0.927. The molecular weight excluding hydrogens is 252 g/mol. The zero-order valence-electron chi connectivity index (χ0n) is 10.8. The highest BCUT2D eigenvalue weighted by Crippen LogP contribution is 2.29. The predicted octanol–water partition coefficient (Wildman–Crippen LogP) is 1.85. The first-order chi connectivity index (χ1) is 8.52. The second-order valence-corrected chi connectivity index (χ2v) is 5.56. The molecular formula is C12H20N2O3S. The molecule has 5 nitrogen and oxygen atoms in total. The minimum Gasteiger partial charge on any atom is -0.480 e. The maximum atomic E-state index is 12.4. The first-order valence-electron chi connectivity index (χ1n) is 6.05. The number of rotatable bonds is 5. The van der Waals surface area contributed by atoms with E-state index in [0.29, 0.717) is 18.8 Å². The van der Waals surface area contributed by atoms with Gasteiger partial charge in [-0.25, -0.2) is 9.59 Å². The van der Waals surface area contributed by atoms with Crippen LogP contribution < -0.4 is 0 Å². The van der Waals surface area contributed by atoms with Crippen LogP contribution in [0.1, 0.15) is 20.3 Å². The van der Waals surface area contributed by atoms with Crippen LogP contribution in [0.15, 0.2) is 12.7 Å². The summed E-state index contributed by atoms with van der Waals surface area (Å²) in [5.41, 5.74) is 0. The fourth-order valence-corrected chi connectivity index (χ4v) is 3.14. The van der Waals surface area contributed by atoms with Gasteiger partial charge in [0.1, 0.15) is 6.04 Å². The molecule has 1 heterocycles. The quantitative estimate of drug-likeness (QED) is 0.776. The van der Waals surface area contributed by atoms with Crippen LogP contribution in [0.25, 0.3) is 0 Å². The molecule has 6 heteroatoms. The molecule has 0 aromatic rings. The molecule has 0 spiro atoms. The number of carbonyl (C=O) groups excluding carboxylic acids is 1. The van der Waals surface area contributed by atoms with Crippen molar-refractivity contribution in [3.8, 4) is 0 Å². The lowest BCUT2D eigenvalue weighted by Gasteiger charge is -2.31. The van der Waals surface area contributed by atoms with Crippen LogP contribution >= 0.6 is 11.8 Å². The summed E-state index contributed by atoms with van der Waals surface area (Å²) < 4.78 is 0. The predicted molar refractivity (Wildman–Crippen MR) is 72.6 cm³/mol. The Labute approximate surface area is 112 Å². The number of aliphatic carboxylic acids is 1. The van der Waals surface area contributed by atoms with Crippen molar-refractivity contribution >= 4 is 23.8 Å².